The zero-order valence-electron chi connectivity index (χ0n) is 7.60. The minimum atomic E-state index is -0.366. The number of hydrogen-bond donors (Lipinski definition) is 0. The second kappa shape index (κ2) is 6.83. The first-order valence-corrected chi connectivity index (χ1v) is 4.12. The van der Waals surface area contributed by atoms with Gasteiger partial charge in [0.15, 0.2) is 0 Å². The van der Waals surface area contributed by atoms with Crippen LogP contribution in [0.15, 0.2) is 11.9 Å². The van der Waals surface area contributed by atoms with Crippen molar-refractivity contribution in [1.29, 1.82) is 0 Å². The molecular weight excluding hydrogens is 159 g/mol. The van der Waals surface area contributed by atoms with Gasteiger partial charge in [-0.05, 0) is 6.42 Å². The van der Waals surface area contributed by atoms with Crippen molar-refractivity contribution in [1.82, 2.24) is 0 Å². The van der Waals surface area contributed by atoms with Crippen LogP contribution in [-0.2, 0) is 9.53 Å². The summed E-state index contributed by atoms with van der Waals surface area (Å²) in [6.45, 7) is 1.98. The van der Waals surface area contributed by atoms with Gasteiger partial charge in [0.05, 0.1) is 19.4 Å². The molecule has 0 aliphatic rings. The van der Waals surface area contributed by atoms with E-state index in [9.17, 15) is 9.18 Å². The Kier molecular flexibility index (Phi) is 6.34. The van der Waals surface area contributed by atoms with Gasteiger partial charge in [-0.25, -0.2) is 4.39 Å². The van der Waals surface area contributed by atoms with Gasteiger partial charge < -0.3 is 4.74 Å². The fourth-order valence-corrected chi connectivity index (χ4v) is 0.727. The number of carbonyl (C=O) groups is 1. The Morgan fingerprint density at radius 1 is 1.50 bits per heavy atom. The van der Waals surface area contributed by atoms with Gasteiger partial charge in [-0.15, -0.1) is 0 Å². The molecule has 0 radical (unpaired) electrons. The number of methoxy groups -OCH3 is 1. The highest BCUT2D eigenvalue weighted by atomic mass is 19.1. The van der Waals surface area contributed by atoms with Gasteiger partial charge in [0.25, 0.3) is 0 Å². The third-order valence-corrected chi connectivity index (χ3v) is 1.45. The molecule has 0 spiro atoms. The van der Waals surface area contributed by atoms with Crippen LogP contribution in [0.25, 0.3) is 0 Å². The molecule has 0 N–H and O–H groups in total. The van der Waals surface area contributed by atoms with Gasteiger partial charge in [-0.3, -0.25) is 4.79 Å². The van der Waals surface area contributed by atoms with Crippen LogP contribution in [0.4, 0.5) is 4.39 Å². The van der Waals surface area contributed by atoms with Crippen molar-refractivity contribution in [3.05, 3.63) is 11.9 Å². The van der Waals surface area contributed by atoms with Gasteiger partial charge in [0.1, 0.15) is 0 Å². The lowest BCUT2D eigenvalue weighted by Gasteiger charge is -1.96. The molecule has 0 saturated carbocycles. The minimum Gasteiger partial charge on any atom is -0.469 e. The van der Waals surface area contributed by atoms with E-state index >= 15 is 0 Å². The van der Waals surface area contributed by atoms with Crippen LogP contribution in [0.2, 0.25) is 0 Å². The van der Waals surface area contributed by atoms with Crippen molar-refractivity contribution < 1.29 is 13.9 Å². The zero-order valence-corrected chi connectivity index (χ0v) is 7.60. The minimum absolute atomic E-state index is 0.128. The molecular formula is C9H15FO2. The van der Waals surface area contributed by atoms with E-state index in [0.717, 1.165) is 12.8 Å². The monoisotopic (exact) mass is 174 g/mol. The van der Waals surface area contributed by atoms with Crippen LogP contribution in [0, 0.1) is 0 Å². The van der Waals surface area contributed by atoms with Crippen LogP contribution in [0.5, 0.6) is 0 Å². The zero-order chi connectivity index (χ0) is 9.40. The molecule has 0 atom stereocenters. The van der Waals surface area contributed by atoms with Crippen LogP contribution in [0.1, 0.15) is 32.6 Å². The van der Waals surface area contributed by atoms with E-state index in [1.165, 1.54) is 13.2 Å². The number of esters is 1. The predicted molar refractivity (Wildman–Crippen MR) is 45.3 cm³/mol. The topological polar surface area (TPSA) is 26.3 Å². The summed E-state index contributed by atoms with van der Waals surface area (Å²) >= 11 is 0. The Labute approximate surface area is 72.4 Å². The van der Waals surface area contributed by atoms with E-state index in [2.05, 4.69) is 4.74 Å². The number of unbranched alkanes of at least 4 members (excludes halogenated alkanes) is 1. The molecule has 70 valence electrons. The Hall–Kier alpha value is -0.860. The predicted octanol–water partition coefficient (Wildman–Crippen LogP) is 2.59. The third-order valence-electron chi connectivity index (χ3n) is 1.45. The molecule has 0 aromatic rings. The maximum absolute atomic E-state index is 12.7. The van der Waals surface area contributed by atoms with Crippen LogP contribution in [-0.4, -0.2) is 13.1 Å². The summed E-state index contributed by atoms with van der Waals surface area (Å²) in [7, 11) is 1.30. The normalized spacial score (nSPS) is 11.4. The van der Waals surface area contributed by atoms with Crippen molar-refractivity contribution >= 4 is 5.97 Å². The van der Waals surface area contributed by atoms with Gasteiger partial charge in [-0.2, -0.15) is 0 Å². The summed E-state index contributed by atoms with van der Waals surface area (Å²) < 4.78 is 17.1. The molecule has 0 aliphatic carbocycles. The van der Waals surface area contributed by atoms with E-state index in [1.807, 2.05) is 6.92 Å². The molecule has 0 saturated heterocycles. The van der Waals surface area contributed by atoms with Gasteiger partial charge in [0.2, 0.25) is 0 Å². The Morgan fingerprint density at radius 3 is 2.67 bits per heavy atom. The Bertz CT molecular complexity index is 164. The van der Waals surface area contributed by atoms with Gasteiger partial charge in [0, 0.05) is 6.42 Å². The van der Waals surface area contributed by atoms with E-state index < -0.39 is 0 Å². The summed E-state index contributed by atoms with van der Waals surface area (Å²) in [6, 6.07) is 0. The smallest absolute Gasteiger partial charge is 0.305 e. The number of carbonyl (C=O) groups excluding carboxylic acids is 1. The van der Waals surface area contributed by atoms with Gasteiger partial charge in [-0.1, -0.05) is 19.4 Å². The van der Waals surface area contributed by atoms with Crippen LogP contribution < -0.4 is 0 Å². The van der Waals surface area contributed by atoms with E-state index in [-0.39, 0.29) is 24.6 Å². The molecule has 0 unspecified atom stereocenters. The number of rotatable bonds is 5. The Morgan fingerprint density at radius 2 is 2.17 bits per heavy atom. The Balaban J connectivity index is 3.55. The summed E-state index contributed by atoms with van der Waals surface area (Å²) in [5.74, 6) is -0.586. The third kappa shape index (κ3) is 5.89. The maximum atomic E-state index is 12.7. The first-order chi connectivity index (χ1) is 5.70. The number of ether oxygens (including phenoxy) is 1. The average Bonchev–Trinajstić information content (AvgIpc) is 2.10. The van der Waals surface area contributed by atoms with Gasteiger partial charge >= 0.3 is 5.97 Å². The first-order valence-electron chi connectivity index (χ1n) is 4.12. The second-order valence-corrected chi connectivity index (χ2v) is 2.52. The summed E-state index contributed by atoms with van der Waals surface area (Å²) in [6.07, 6.45) is 3.46. The van der Waals surface area contributed by atoms with Crippen molar-refractivity contribution in [3.63, 3.8) is 0 Å². The molecule has 0 aromatic heterocycles. The summed E-state index contributed by atoms with van der Waals surface area (Å²) in [4.78, 5) is 10.6. The molecule has 0 amide bonds. The molecule has 0 aromatic carbocycles. The van der Waals surface area contributed by atoms with E-state index in [1.54, 1.807) is 0 Å². The van der Waals surface area contributed by atoms with Crippen molar-refractivity contribution in [2.45, 2.75) is 32.6 Å². The lowest BCUT2D eigenvalue weighted by Crippen LogP contribution is -1.99. The SMILES string of the molecule is CCC/C=C(\F)CCC(=O)OC. The number of hydrogen-bond acceptors (Lipinski definition) is 2. The lowest BCUT2D eigenvalue weighted by molar-refractivity contribution is -0.140. The number of allylic oxidation sites excluding steroid dienone is 2. The van der Waals surface area contributed by atoms with E-state index in [4.69, 9.17) is 0 Å². The molecule has 0 fully saturated rings. The molecule has 0 bridgehead atoms. The van der Waals surface area contributed by atoms with Crippen LogP contribution >= 0.6 is 0 Å². The molecule has 0 heterocycles. The van der Waals surface area contributed by atoms with Crippen LogP contribution in [0.3, 0.4) is 0 Å². The van der Waals surface area contributed by atoms with Crippen molar-refractivity contribution in [2.24, 2.45) is 0 Å². The fraction of sp³-hybridized carbons (Fsp3) is 0.667. The second-order valence-electron chi connectivity index (χ2n) is 2.52. The molecule has 0 rings (SSSR count). The summed E-state index contributed by atoms with van der Waals surface area (Å²) in [5.41, 5.74) is 0. The molecule has 3 heteroatoms. The van der Waals surface area contributed by atoms with Crippen molar-refractivity contribution in [3.8, 4) is 0 Å². The summed E-state index contributed by atoms with van der Waals surface area (Å²) in [5, 5.41) is 0. The highest BCUT2D eigenvalue weighted by molar-refractivity contribution is 5.69. The average molecular weight is 174 g/mol. The quantitative estimate of drug-likeness (QED) is 0.599. The standard InChI is InChI=1S/C9H15FO2/c1-3-4-5-8(10)6-7-9(11)12-2/h5H,3-4,6-7H2,1-2H3/b8-5-. The maximum Gasteiger partial charge on any atom is 0.305 e. The van der Waals surface area contributed by atoms with E-state index in [0.29, 0.717) is 0 Å². The molecule has 0 aliphatic heterocycles. The number of halogens is 1. The highest BCUT2D eigenvalue weighted by Gasteiger charge is 2.01. The first kappa shape index (κ1) is 11.1. The fourth-order valence-electron chi connectivity index (χ4n) is 0.727. The lowest BCUT2D eigenvalue weighted by atomic mass is 10.2. The van der Waals surface area contributed by atoms with Crippen molar-refractivity contribution in [2.75, 3.05) is 7.11 Å². The highest BCUT2D eigenvalue weighted by Crippen LogP contribution is 2.08. The largest absolute Gasteiger partial charge is 0.469 e. The molecule has 2 nitrogen and oxygen atoms in total. The molecule has 12 heavy (non-hydrogen) atoms.